The van der Waals surface area contributed by atoms with E-state index in [4.69, 9.17) is 0 Å². The Morgan fingerprint density at radius 1 is 0.957 bits per heavy atom. The minimum Gasteiger partial charge on any atom is -0.337 e. The number of thioether (sulfide) groups is 1. The molecular weight excluding hydrogens is 298 g/mol. The summed E-state index contributed by atoms with van der Waals surface area (Å²) in [6, 6.07) is 20.2. The fourth-order valence-electron chi connectivity index (χ4n) is 3.43. The average Bonchev–Trinajstić information content (AvgIpc) is 2.75. The number of hydrogen-bond acceptors (Lipinski definition) is 2. The summed E-state index contributed by atoms with van der Waals surface area (Å²) in [4.78, 5) is 5.39. The topological polar surface area (TPSA) is 3.24 Å². The molecule has 4 rings (SSSR count). The smallest absolute Gasteiger partial charge is 0.0555 e. The summed E-state index contributed by atoms with van der Waals surface area (Å²) in [6.45, 7) is 2.25. The normalized spacial score (nSPS) is 25.1. The molecule has 0 fully saturated rings. The van der Waals surface area contributed by atoms with Crippen LogP contribution in [0.3, 0.4) is 0 Å². The molecule has 2 heteroatoms. The Morgan fingerprint density at radius 3 is 2.61 bits per heavy atom. The van der Waals surface area contributed by atoms with Gasteiger partial charge >= 0.3 is 0 Å². The largest absolute Gasteiger partial charge is 0.337 e. The molecule has 23 heavy (non-hydrogen) atoms. The Bertz CT molecular complexity index is 760. The molecule has 2 aromatic rings. The first-order valence-electron chi connectivity index (χ1n) is 8.29. The van der Waals surface area contributed by atoms with Crippen molar-refractivity contribution < 1.29 is 0 Å². The molecule has 0 N–H and O–H groups in total. The van der Waals surface area contributed by atoms with Crippen LogP contribution in [0.25, 0.3) is 0 Å². The van der Waals surface area contributed by atoms with Crippen LogP contribution in [0.5, 0.6) is 0 Å². The molecule has 1 heterocycles. The molecular formula is C21H21NS. The molecule has 0 saturated heterocycles. The van der Waals surface area contributed by atoms with Gasteiger partial charge in [0, 0.05) is 16.6 Å². The summed E-state index contributed by atoms with van der Waals surface area (Å²) in [5.41, 5.74) is 4.12. The molecule has 2 aliphatic rings. The fraction of sp³-hybridized carbons (Fsp3) is 0.238. The second-order valence-corrected chi connectivity index (χ2v) is 7.49. The van der Waals surface area contributed by atoms with Crippen molar-refractivity contribution in [2.24, 2.45) is 0 Å². The number of benzene rings is 2. The van der Waals surface area contributed by atoms with Crippen LogP contribution in [0.15, 0.2) is 82.1 Å². The SMILES string of the molecule is C/C1=C/C=C2\CC(CC1)N(c1ccccc1)c1ccccc1S2. The van der Waals surface area contributed by atoms with Crippen molar-refractivity contribution in [3.8, 4) is 0 Å². The standard InChI is InChI=1S/C21H21NS/c1-16-11-13-18-15-19(14-12-16)23-21-10-6-5-9-20(21)22(18)17-7-3-2-4-8-17/h2-10,12,14,18H,11,13,15H2,1H3/b16-12-,19-14+. The highest BCUT2D eigenvalue weighted by atomic mass is 32.2. The number of fused-ring (bicyclic) bond motifs is 3. The molecule has 2 bridgehead atoms. The van der Waals surface area contributed by atoms with Gasteiger partial charge in [-0.05, 0) is 55.4 Å². The number of anilines is 2. The number of allylic oxidation sites excluding steroid dienone is 3. The Hall–Kier alpha value is -1.93. The van der Waals surface area contributed by atoms with Gasteiger partial charge in [0.25, 0.3) is 0 Å². The van der Waals surface area contributed by atoms with Crippen molar-refractivity contribution in [3.63, 3.8) is 0 Å². The molecule has 0 saturated carbocycles. The van der Waals surface area contributed by atoms with Crippen molar-refractivity contribution in [1.82, 2.24) is 0 Å². The van der Waals surface area contributed by atoms with E-state index >= 15 is 0 Å². The number of nitrogens with zero attached hydrogens (tertiary/aromatic N) is 1. The second-order valence-electron chi connectivity index (χ2n) is 6.32. The molecule has 116 valence electrons. The first-order chi connectivity index (χ1) is 11.3. The van der Waals surface area contributed by atoms with Gasteiger partial charge in [-0.15, -0.1) is 0 Å². The van der Waals surface area contributed by atoms with E-state index < -0.39 is 0 Å². The Labute approximate surface area is 142 Å². The van der Waals surface area contributed by atoms with Gasteiger partial charge < -0.3 is 4.90 Å². The van der Waals surface area contributed by atoms with E-state index in [9.17, 15) is 0 Å². The van der Waals surface area contributed by atoms with E-state index in [1.807, 2.05) is 11.8 Å². The minimum absolute atomic E-state index is 0.517. The molecule has 0 aromatic heterocycles. The van der Waals surface area contributed by atoms with Gasteiger partial charge in [-0.1, -0.05) is 59.8 Å². The van der Waals surface area contributed by atoms with E-state index in [1.165, 1.54) is 39.6 Å². The molecule has 1 nitrogen and oxygen atoms in total. The van der Waals surface area contributed by atoms with Crippen LogP contribution >= 0.6 is 11.8 Å². The highest BCUT2D eigenvalue weighted by molar-refractivity contribution is 8.03. The third kappa shape index (κ3) is 2.96. The zero-order valence-corrected chi connectivity index (χ0v) is 14.2. The van der Waals surface area contributed by atoms with Crippen molar-refractivity contribution in [1.29, 1.82) is 0 Å². The predicted octanol–water partition coefficient (Wildman–Crippen LogP) is 6.31. The van der Waals surface area contributed by atoms with Gasteiger partial charge in [0.05, 0.1) is 5.69 Å². The van der Waals surface area contributed by atoms with Crippen molar-refractivity contribution in [2.45, 2.75) is 37.1 Å². The molecule has 1 aliphatic carbocycles. The van der Waals surface area contributed by atoms with Gasteiger partial charge in [0.1, 0.15) is 0 Å². The van der Waals surface area contributed by atoms with Crippen LogP contribution in [0.2, 0.25) is 0 Å². The lowest BCUT2D eigenvalue weighted by atomic mass is 9.98. The zero-order chi connectivity index (χ0) is 15.6. The maximum atomic E-state index is 2.56. The summed E-state index contributed by atoms with van der Waals surface area (Å²) in [6.07, 6.45) is 8.13. The number of rotatable bonds is 1. The predicted molar refractivity (Wildman–Crippen MR) is 100 cm³/mol. The number of para-hydroxylation sites is 2. The van der Waals surface area contributed by atoms with E-state index in [0.717, 1.165) is 6.42 Å². The summed E-state index contributed by atoms with van der Waals surface area (Å²) in [7, 11) is 0. The van der Waals surface area contributed by atoms with E-state index in [0.29, 0.717) is 6.04 Å². The summed E-state index contributed by atoms with van der Waals surface area (Å²) in [5, 5.41) is 0. The highest BCUT2D eigenvalue weighted by Crippen LogP contribution is 2.46. The first-order valence-corrected chi connectivity index (χ1v) is 9.10. The quantitative estimate of drug-likeness (QED) is 0.605. The summed E-state index contributed by atoms with van der Waals surface area (Å²) >= 11 is 1.93. The zero-order valence-electron chi connectivity index (χ0n) is 13.4. The third-order valence-electron chi connectivity index (χ3n) is 4.63. The second kappa shape index (κ2) is 6.29. The minimum atomic E-state index is 0.517. The fourth-order valence-corrected chi connectivity index (χ4v) is 4.54. The molecule has 0 amide bonds. The Balaban J connectivity index is 1.87. The van der Waals surface area contributed by atoms with Gasteiger partial charge in [-0.25, -0.2) is 0 Å². The van der Waals surface area contributed by atoms with Crippen molar-refractivity contribution in [2.75, 3.05) is 4.90 Å². The Kier molecular flexibility index (Phi) is 4.00. The van der Waals surface area contributed by atoms with Gasteiger partial charge in [0.2, 0.25) is 0 Å². The molecule has 1 atom stereocenters. The van der Waals surface area contributed by atoms with Crippen LogP contribution < -0.4 is 4.90 Å². The molecule has 2 aromatic carbocycles. The van der Waals surface area contributed by atoms with Crippen molar-refractivity contribution in [3.05, 3.63) is 77.2 Å². The first kappa shape index (κ1) is 14.6. The van der Waals surface area contributed by atoms with Crippen LogP contribution in [0.1, 0.15) is 26.2 Å². The maximum absolute atomic E-state index is 2.56. The van der Waals surface area contributed by atoms with Crippen LogP contribution in [-0.2, 0) is 0 Å². The van der Waals surface area contributed by atoms with E-state index in [1.54, 1.807) is 0 Å². The van der Waals surface area contributed by atoms with Gasteiger partial charge in [-0.3, -0.25) is 0 Å². The molecule has 1 unspecified atom stereocenters. The summed E-state index contributed by atoms with van der Waals surface area (Å²) < 4.78 is 0. The summed E-state index contributed by atoms with van der Waals surface area (Å²) in [5.74, 6) is 0. The van der Waals surface area contributed by atoms with Gasteiger partial charge in [-0.2, -0.15) is 0 Å². The van der Waals surface area contributed by atoms with E-state index in [-0.39, 0.29) is 0 Å². The van der Waals surface area contributed by atoms with Gasteiger partial charge in [0.15, 0.2) is 0 Å². The van der Waals surface area contributed by atoms with E-state index in [2.05, 4.69) is 78.6 Å². The molecule has 0 spiro atoms. The number of hydrogen-bond donors (Lipinski definition) is 0. The maximum Gasteiger partial charge on any atom is 0.0555 e. The molecule has 1 aliphatic heterocycles. The lowest BCUT2D eigenvalue weighted by Crippen LogP contribution is -2.31. The van der Waals surface area contributed by atoms with Crippen LogP contribution in [0.4, 0.5) is 11.4 Å². The lowest BCUT2D eigenvalue weighted by molar-refractivity contribution is 0.597. The molecule has 0 radical (unpaired) electrons. The third-order valence-corrected chi connectivity index (χ3v) is 5.76. The average molecular weight is 319 g/mol. The van der Waals surface area contributed by atoms with Crippen LogP contribution in [-0.4, -0.2) is 6.04 Å². The Morgan fingerprint density at radius 2 is 1.74 bits per heavy atom. The lowest BCUT2D eigenvalue weighted by Gasteiger charge is -2.33. The monoisotopic (exact) mass is 319 g/mol. The van der Waals surface area contributed by atoms with Crippen LogP contribution in [0, 0.1) is 0 Å². The van der Waals surface area contributed by atoms with Crippen molar-refractivity contribution >= 4 is 23.1 Å². The highest BCUT2D eigenvalue weighted by Gasteiger charge is 2.28.